The molecule has 0 aliphatic carbocycles. The van der Waals surface area contributed by atoms with Gasteiger partial charge in [0.25, 0.3) is 0 Å². The molecule has 0 spiro atoms. The molecule has 1 atom stereocenters. The van der Waals surface area contributed by atoms with E-state index in [1.807, 2.05) is 30.3 Å². The molecule has 0 aliphatic rings. The van der Waals surface area contributed by atoms with Crippen molar-refractivity contribution in [3.05, 3.63) is 29.8 Å². The lowest BCUT2D eigenvalue weighted by atomic mass is 10.0. The van der Waals surface area contributed by atoms with E-state index in [9.17, 15) is 4.79 Å². The average Bonchev–Trinajstić information content (AvgIpc) is 2.39. The number of para-hydroxylation sites is 1. The maximum absolute atomic E-state index is 11.5. The monoisotopic (exact) mass is 275 g/mol. The molecule has 0 saturated heterocycles. The second kappa shape index (κ2) is 8.05. The van der Waals surface area contributed by atoms with Crippen LogP contribution in [-0.4, -0.2) is 18.8 Å². The quantitative estimate of drug-likeness (QED) is 0.619. The van der Waals surface area contributed by atoms with Gasteiger partial charge in [-0.2, -0.15) is 5.26 Å². The van der Waals surface area contributed by atoms with Gasteiger partial charge in [-0.1, -0.05) is 32.0 Å². The number of rotatable bonds is 6. The minimum Gasteiger partial charge on any atom is -0.471 e. The van der Waals surface area contributed by atoms with Gasteiger partial charge in [-0.25, -0.2) is 4.79 Å². The highest BCUT2D eigenvalue weighted by Gasteiger charge is 2.12. The highest BCUT2D eigenvalue weighted by Crippen LogP contribution is 2.26. The molecule has 0 bridgehead atoms. The molecule has 2 amide bonds. The zero-order valence-electron chi connectivity index (χ0n) is 12.1. The number of nitrogens with zero attached hydrogens (tertiary/aromatic N) is 1. The van der Waals surface area contributed by atoms with Crippen LogP contribution >= 0.6 is 0 Å². The SMILES string of the molecule is CC(NC(=O)NCCC#N)Oc1ccccc1C(C)C. The van der Waals surface area contributed by atoms with E-state index in [1.165, 1.54) is 0 Å². The molecule has 1 unspecified atom stereocenters. The molecule has 0 aromatic heterocycles. The lowest BCUT2D eigenvalue weighted by molar-refractivity contribution is 0.175. The number of nitriles is 1. The van der Waals surface area contributed by atoms with Gasteiger partial charge in [-0.15, -0.1) is 0 Å². The summed E-state index contributed by atoms with van der Waals surface area (Å²) < 4.78 is 5.75. The summed E-state index contributed by atoms with van der Waals surface area (Å²) in [7, 11) is 0. The van der Waals surface area contributed by atoms with E-state index in [0.717, 1.165) is 11.3 Å². The summed E-state index contributed by atoms with van der Waals surface area (Å²) >= 11 is 0. The Balaban J connectivity index is 2.52. The summed E-state index contributed by atoms with van der Waals surface area (Å²) in [6.07, 6.45) is -0.157. The Morgan fingerprint density at radius 2 is 2.05 bits per heavy atom. The topological polar surface area (TPSA) is 74.2 Å². The van der Waals surface area contributed by atoms with E-state index in [2.05, 4.69) is 24.5 Å². The van der Waals surface area contributed by atoms with E-state index in [0.29, 0.717) is 18.9 Å². The number of urea groups is 1. The normalized spacial score (nSPS) is 11.6. The van der Waals surface area contributed by atoms with Crippen molar-refractivity contribution in [2.24, 2.45) is 0 Å². The van der Waals surface area contributed by atoms with Crippen molar-refractivity contribution in [2.75, 3.05) is 6.54 Å². The van der Waals surface area contributed by atoms with Gasteiger partial charge < -0.3 is 15.4 Å². The third kappa shape index (κ3) is 5.19. The molecule has 1 aromatic rings. The number of carbonyl (C=O) groups excluding carboxylic acids is 1. The number of hydrogen-bond acceptors (Lipinski definition) is 3. The number of carbonyl (C=O) groups is 1. The summed E-state index contributed by atoms with van der Waals surface area (Å²) in [4.78, 5) is 11.5. The van der Waals surface area contributed by atoms with Crippen molar-refractivity contribution >= 4 is 6.03 Å². The van der Waals surface area contributed by atoms with E-state index in [4.69, 9.17) is 10.00 Å². The van der Waals surface area contributed by atoms with E-state index in [1.54, 1.807) is 6.92 Å². The number of ether oxygens (including phenoxy) is 1. The molecule has 108 valence electrons. The predicted octanol–water partition coefficient (Wildman–Crippen LogP) is 2.75. The van der Waals surface area contributed by atoms with Gasteiger partial charge in [0.15, 0.2) is 6.23 Å². The lowest BCUT2D eigenvalue weighted by Gasteiger charge is -2.20. The summed E-state index contributed by atoms with van der Waals surface area (Å²) in [5.41, 5.74) is 1.10. The fourth-order valence-electron chi connectivity index (χ4n) is 1.75. The minimum atomic E-state index is -0.447. The van der Waals surface area contributed by atoms with Crippen molar-refractivity contribution in [1.29, 1.82) is 5.26 Å². The van der Waals surface area contributed by atoms with E-state index < -0.39 is 6.23 Å². The molecule has 0 aliphatic heterocycles. The first-order chi connectivity index (χ1) is 9.54. The zero-order valence-corrected chi connectivity index (χ0v) is 12.1. The van der Waals surface area contributed by atoms with Gasteiger partial charge in [-0.3, -0.25) is 0 Å². The molecule has 1 aromatic carbocycles. The average molecular weight is 275 g/mol. The Kier molecular flexibility index (Phi) is 6.38. The van der Waals surface area contributed by atoms with Crippen molar-refractivity contribution in [3.63, 3.8) is 0 Å². The number of benzene rings is 1. The molecule has 2 N–H and O–H groups in total. The van der Waals surface area contributed by atoms with Crippen molar-refractivity contribution in [1.82, 2.24) is 10.6 Å². The molecule has 1 rings (SSSR count). The van der Waals surface area contributed by atoms with Crippen LogP contribution in [0.5, 0.6) is 5.75 Å². The zero-order chi connectivity index (χ0) is 15.0. The van der Waals surface area contributed by atoms with Crippen LogP contribution in [-0.2, 0) is 0 Å². The third-order valence-electron chi connectivity index (χ3n) is 2.70. The van der Waals surface area contributed by atoms with Gasteiger partial charge in [-0.05, 0) is 24.5 Å². The standard InChI is InChI=1S/C15H21N3O2/c1-11(2)13-7-4-5-8-14(13)20-12(3)18-15(19)17-10-6-9-16/h4-5,7-8,11-12H,6,10H2,1-3H3,(H2,17,18,19). The van der Waals surface area contributed by atoms with Crippen LogP contribution in [0, 0.1) is 11.3 Å². The molecular weight excluding hydrogens is 254 g/mol. The second-order valence-corrected chi connectivity index (χ2v) is 4.76. The van der Waals surface area contributed by atoms with Crippen LogP contribution in [0.25, 0.3) is 0 Å². The van der Waals surface area contributed by atoms with Crippen LogP contribution in [0.4, 0.5) is 4.79 Å². The molecule has 0 saturated carbocycles. The number of nitrogens with one attached hydrogen (secondary N) is 2. The van der Waals surface area contributed by atoms with Crippen LogP contribution in [0.2, 0.25) is 0 Å². The molecule has 5 nitrogen and oxygen atoms in total. The van der Waals surface area contributed by atoms with Crippen LogP contribution in [0.1, 0.15) is 38.7 Å². The van der Waals surface area contributed by atoms with Crippen molar-refractivity contribution in [3.8, 4) is 11.8 Å². The lowest BCUT2D eigenvalue weighted by Crippen LogP contribution is -2.43. The predicted molar refractivity (Wildman–Crippen MR) is 77.4 cm³/mol. The van der Waals surface area contributed by atoms with E-state index >= 15 is 0 Å². The molecule has 0 heterocycles. The maximum atomic E-state index is 11.5. The largest absolute Gasteiger partial charge is 0.471 e. The Labute approximate surface area is 119 Å². The van der Waals surface area contributed by atoms with Crippen LogP contribution in [0.15, 0.2) is 24.3 Å². The van der Waals surface area contributed by atoms with E-state index in [-0.39, 0.29) is 6.03 Å². The fourth-order valence-corrected chi connectivity index (χ4v) is 1.75. The molecule has 0 fully saturated rings. The van der Waals surface area contributed by atoms with Gasteiger partial charge in [0.05, 0.1) is 12.5 Å². The van der Waals surface area contributed by atoms with Gasteiger partial charge in [0, 0.05) is 6.54 Å². The molecule has 5 heteroatoms. The fraction of sp³-hybridized carbons (Fsp3) is 0.467. The molecule has 20 heavy (non-hydrogen) atoms. The summed E-state index contributed by atoms with van der Waals surface area (Å²) in [5, 5.41) is 13.6. The minimum absolute atomic E-state index is 0.291. The van der Waals surface area contributed by atoms with Crippen LogP contribution < -0.4 is 15.4 Å². The highest BCUT2D eigenvalue weighted by atomic mass is 16.5. The van der Waals surface area contributed by atoms with Crippen molar-refractivity contribution < 1.29 is 9.53 Å². The second-order valence-electron chi connectivity index (χ2n) is 4.76. The first-order valence-corrected chi connectivity index (χ1v) is 6.71. The third-order valence-corrected chi connectivity index (χ3v) is 2.70. The summed E-state index contributed by atoms with van der Waals surface area (Å²) in [5.74, 6) is 1.12. The highest BCUT2D eigenvalue weighted by molar-refractivity contribution is 5.73. The smallest absolute Gasteiger partial charge is 0.317 e. The van der Waals surface area contributed by atoms with Crippen molar-refractivity contribution in [2.45, 2.75) is 39.3 Å². The van der Waals surface area contributed by atoms with Crippen LogP contribution in [0.3, 0.4) is 0 Å². The Bertz CT molecular complexity index is 480. The van der Waals surface area contributed by atoms with Gasteiger partial charge in [0.2, 0.25) is 0 Å². The molecular formula is C15H21N3O2. The number of amides is 2. The van der Waals surface area contributed by atoms with Gasteiger partial charge in [0.1, 0.15) is 5.75 Å². The Hall–Kier alpha value is -2.22. The maximum Gasteiger partial charge on any atom is 0.317 e. The summed E-state index contributed by atoms with van der Waals surface area (Å²) in [6.45, 7) is 6.28. The first kappa shape index (κ1) is 15.8. The molecule has 0 radical (unpaired) electrons. The number of hydrogen-bond donors (Lipinski definition) is 2. The van der Waals surface area contributed by atoms with Gasteiger partial charge >= 0.3 is 6.03 Å². The summed E-state index contributed by atoms with van der Waals surface area (Å²) in [6, 6.07) is 9.40. The first-order valence-electron chi connectivity index (χ1n) is 6.71. The Morgan fingerprint density at radius 1 is 1.35 bits per heavy atom. The Morgan fingerprint density at radius 3 is 2.70 bits per heavy atom.